The van der Waals surface area contributed by atoms with E-state index in [1.807, 2.05) is 4.90 Å². The summed E-state index contributed by atoms with van der Waals surface area (Å²) in [6.07, 6.45) is -3.79. The van der Waals surface area contributed by atoms with Gasteiger partial charge in [0.1, 0.15) is 11.4 Å². The van der Waals surface area contributed by atoms with Gasteiger partial charge in [-0.15, -0.1) is 10.2 Å². The Balaban J connectivity index is 1.83. The van der Waals surface area contributed by atoms with Crippen molar-refractivity contribution in [3.8, 4) is 17.0 Å². The molecule has 0 bridgehead atoms. The number of aryl methyl sites for hydroxylation is 1. The van der Waals surface area contributed by atoms with Gasteiger partial charge in [0.25, 0.3) is 0 Å². The standard InChI is InChI=1S/C17H18F3N5O2/c1-9-15(13-4-3-11(7-14(13)27)17(18,19)20)23-24-16(21-9)25-6-5-12(8-25)22-10(2)26/h3-4,7,12,27H,5-6,8H2,1-2H3,(H,22,26)/t12-/m0/s1. The van der Waals surface area contributed by atoms with E-state index >= 15 is 0 Å². The van der Waals surface area contributed by atoms with Crippen LogP contribution in [0.15, 0.2) is 18.2 Å². The average Bonchev–Trinajstić information content (AvgIpc) is 3.02. The number of alkyl halides is 3. The van der Waals surface area contributed by atoms with Crippen molar-refractivity contribution in [2.75, 3.05) is 18.0 Å². The number of hydrogen-bond acceptors (Lipinski definition) is 6. The number of anilines is 1. The normalized spacial score (nSPS) is 17.2. The van der Waals surface area contributed by atoms with E-state index in [4.69, 9.17) is 0 Å². The number of phenolic OH excluding ortho intramolecular Hbond substituents is 1. The smallest absolute Gasteiger partial charge is 0.416 e. The molecule has 1 aromatic heterocycles. The van der Waals surface area contributed by atoms with Crippen LogP contribution in [0.4, 0.5) is 19.1 Å². The van der Waals surface area contributed by atoms with Crippen molar-refractivity contribution in [1.29, 1.82) is 0 Å². The molecular formula is C17H18F3N5O2. The Morgan fingerprint density at radius 1 is 1.33 bits per heavy atom. The second kappa shape index (κ2) is 7.01. The molecule has 1 aromatic carbocycles. The monoisotopic (exact) mass is 381 g/mol. The minimum absolute atomic E-state index is 0.00467. The van der Waals surface area contributed by atoms with Gasteiger partial charge in [0.05, 0.1) is 11.3 Å². The lowest BCUT2D eigenvalue weighted by molar-refractivity contribution is -0.137. The van der Waals surface area contributed by atoms with Gasteiger partial charge in [-0.2, -0.15) is 13.2 Å². The highest BCUT2D eigenvalue weighted by Crippen LogP contribution is 2.36. The van der Waals surface area contributed by atoms with Crippen LogP contribution < -0.4 is 10.2 Å². The maximum atomic E-state index is 12.7. The summed E-state index contributed by atoms with van der Waals surface area (Å²) in [5, 5.41) is 20.9. The molecule has 1 saturated heterocycles. The lowest BCUT2D eigenvalue weighted by Gasteiger charge is -2.17. The van der Waals surface area contributed by atoms with E-state index in [0.29, 0.717) is 30.8 Å². The molecule has 2 N–H and O–H groups in total. The van der Waals surface area contributed by atoms with Crippen LogP contribution in [0.1, 0.15) is 24.6 Å². The SMILES string of the molecule is CC(=O)N[C@H]1CCN(c2nnc(-c3ccc(C(F)(F)F)cc3O)c(C)n2)C1. The molecule has 3 rings (SSSR count). The van der Waals surface area contributed by atoms with Gasteiger partial charge >= 0.3 is 6.18 Å². The van der Waals surface area contributed by atoms with Gasteiger partial charge in [-0.25, -0.2) is 4.98 Å². The van der Waals surface area contributed by atoms with E-state index in [-0.39, 0.29) is 23.2 Å². The Hall–Kier alpha value is -2.91. The van der Waals surface area contributed by atoms with Crippen molar-refractivity contribution in [2.45, 2.75) is 32.5 Å². The van der Waals surface area contributed by atoms with Crippen LogP contribution in [-0.4, -0.2) is 45.3 Å². The Bertz CT molecular complexity index is 872. The van der Waals surface area contributed by atoms with Gasteiger partial charge in [0, 0.05) is 31.6 Å². The summed E-state index contributed by atoms with van der Waals surface area (Å²) in [7, 11) is 0. The van der Waals surface area contributed by atoms with Crippen LogP contribution >= 0.6 is 0 Å². The Kier molecular flexibility index (Phi) is 4.90. The van der Waals surface area contributed by atoms with Crippen molar-refractivity contribution in [2.24, 2.45) is 0 Å². The number of rotatable bonds is 3. The molecule has 0 saturated carbocycles. The van der Waals surface area contributed by atoms with Gasteiger partial charge in [-0.3, -0.25) is 4.79 Å². The summed E-state index contributed by atoms with van der Waals surface area (Å²) in [6.45, 7) is 4.30. The largest absolute Gasteiger partial charge is 0.507 e. The quantitative estimate of drug-likeness (QED) is 0.848. The number of aromatic nitrogens is 3. The van der Waals surface area contributed by atoms with E-state index in [2.05, 4.69) is 20.5 Å². The second-order valence-electron chi connectivity index (χ2n) is 6.41. The lowest BCUT2D eigenvalue weighted by atomic mass is 10.1. The fraction of sp³-hybridized carbons (Fsp3) is 0.412. The topological polar surface area (TPSA) is 91.2 Å². The van der Waals surface area contributed by atoms with Crippen LogP contribution in [0.3, 0.4) is 0 Å². The molecule has 1 aliphatic heterocycles. The maximum Gasteiger partial charge on any atom is 0.416 e. The van der Waals surface area contributed by atoms with E-state index in [1.165, 1.54) is 6.92 Å². The first kappa shape index (κ1) is 18.9. The van der Waals surface area contributed by atoms with Crippen molar-refractivity contribution >= 4 is 11.9 Å². The highest BCUT2D eigenvalue weighted by molar-refractivity contribution is 5.73. The van der Waals surface area contributed by atoms with Crippen molar-refractivity contribution in [1.82, 2.24) is 20.5 Å². The first-order chi connectivity index (χ1) is 12.6. The number of carbonyl (C=O) groups is 1. The first-order valence-corrected chi connectivity index (χ1v) is 8.29. The van der Waals surface area contributed by atoms with Crippen molar-refractivity contribution in [3.05, 3.63) is 29.5 Å². The number of benzene rings is 1. The average molecular weight is 381 g/mol. The molecule has 0 aliphatic carbocycles. The van der Waals surface area contributed by atoms with Gasteiger partial charge in [0.15, 0.2) is 0 Å². The molecule has 144 valence electrons. The minimum Gasteiger partial charge on any atom is -0.507 e. The van der Waals surface area contributed by atoms with Crippen LogP contribution in [0.25, 0.3) is 11.3 Å². The number of aromatic hydroxyl groups is 1. The van der Waals surface area contributed by atoms with E-state index < -0.39 is 17.5 Å². The summed E-state index contributed by atoms with van der Waals surface area (Å²) >= 11 is 0. The zero-order valence-corrected chi connectivity index (χ0v) is 14.7. The molecule has 0 spiro atoms. The summed E-state index contributed by atoms with van der Waals surface area (Å²) in [4.78, 5) is 17.4. The molecule has 1 atom stereocenters. The third kappa shape index (κ3) is 4.09. The number of nitrogens with zero attached hydrogens (tertiary/aromatic N) is 4. The Labute approximate surface area is 153 Å². The van der Waals surface area contributed by atoms with Gasteiger partial charge in [0.2, 0.25) is 11.9 Å². The molecule has 10 heteroatoms. The fourth-order valence-corrected chi connectivity index (χ4v) is 3.03. The number of phenols is 1. The summed E-state index contributed by atoms with van der Waals surface area (Å²) in [6, 6.07) is 2.69. The molecule has 2 aromatic rings. The zero-order valence-electron chi connectivity index (χ0n) is 14.7. The molecule has 7 nitrogen and oxygen atoms in total. The number of nitrogens with one attached hydrogen (secondary N) is 1. The van der Waals surface area contributed by atoms with Crippen LogP contribution in [0.2, 0.25) is 0 Å². The predicted octanol–water partition coefficient (Wildman–Crippen LogP) is 2.29. The van der Waals surface area contributed by atoms with Crippen LogP contribution in [0.5, 0.6) is 5.75 Å². The second-order valence-corrected chi connectivity index (χ2v) is 6.41. The van der Waals surface area contributed by atoms with Gasteiger partial charge in [-0.1, -0.05) is 0 Å². The molecular weight excluding hydrogens is 363 g/mol. The lowest BCUT2D eigenvalue weighted by Crippen LogP contribution is -2.36. The molecule has 1 amide bonds. The maximum absolute atomic E-state index is 12.7. The minimum atomic E-state index is -4.54. The highest BCUT2D eigenvalue weighted by Gasteiger charge is 2.31. The van der Waals surface area contributed by atoms with E-state index in [9.17, 15) is 23.1 Å². The molecule has 1 aliphatic rings. The van der Waals surface area contributed by atoms with Crippen molar-refractivity contribution < 1.29 is 23.1 Å². The Morgan fingerprint density at radius 3 is 2.67 bits per heavy atom. The van der Waals surface area contributed by atoms with Crippen LogP contribution in [0, 0.1) is 6.92 Å². The number of halogens is 3. The van der Waals surface area contributed by atoms with Gasteiger partial charge < -0.3 is 15.3 Å². The highest BCUT2D eigenvalue weighted by atomic mass is 19.4. The molecule has 1 fully saturated rings. The summed E-state index contributed by atoms with van der Waals surface area (Å²) in [5.74, 6) is -0.274. The molecule has 0 radical (unpaired) electrons. The molecule has 0 unspecified atom stereocenters. The number of amides is 1. The van der Waals surface area contributed by atoms with E-state index in [1.54, 1.807) is 6.92 Å². The number of carbonyl (C=O) groups excluding carboxylic acids is 1. The number of hydrogen-bond donors (Lipinski definition) is 2. The van der Waals surface area contributed by atoms with Crippen LogP contribution in [-0.2, 0) is 11.0 Å². The summed E-state index contributed by atoms with van der Waals surface area (Å²) in [5.41, 5.74) is -0.176. The third-order valence-corrected chi connectivity index (χ3v) is 4.31. The zero-order chi connectivity index (χ0) is 19.8. The summed E-state index contributed by atoms with van der Waals surface area (Å²) < 4.78 is 38.2. The molecule has 2 heterocycles. The molecule has 27 heavy (non-hydrogen) atoms. The Morgan fingerprint density at radius 2 is 2.07 bits per heavy atom. The van der Waals surface area contributed by atoms with E-state index in [0.717, 1.165) is 18.6 Å². The van der Waals surface area contributed by atoms with Gasteiger partial charge in [-0.05, 0) is 31.5 Å². The first-order valence-electron chi connectivity index (χ1n) is 8.29. The predicted molar refractivity (Wildman–Crippen MR) is 91.1 cm³/mol. The fourth-order valence-electron chi connectivity index (χ4n) is 3.03. The van der Waals surface area contributed by atoms with Crippen molar-refractivity contribution in [3.63, 3.8) is 0 Å². The third-order valence-electron chi connectivity index (χ3n) is 4.31.